The molecule has 0 aliphatic carbocycles. The number of ether oxygens (including phenoxy) is 1. The standard InChI is InChI=1S/C13H21NO/c1-13(2,3)12(15-4)11(14)10-8-6-5-7-9-10/h5-9,11-12H,14H2,1-4H3. The molecule has 0 heterocycles. The number of benzene rings is 1. The van der Waals surface area contributed by atoms with Gasteiger partial charge < -0.3 is 10.5 Å². The van der Waals surface area contributed by atoms with Crippen LogP contribution in [0.1, 0.15) is 32.4 Å². The summed E-state index contributed by atoms with van der Waals surface area (Å²) < 4.78 is 5.51. The lowest BCUT2D eigenvalue weighted by atomic mass is 9.82. The molecular weight excluding hydrogens is 186 g/mol. The average molecular weight is 207 g/mol. The first-order valence-electron chi connectivity index (χ1n) is 5.30. The van der Waals surface area contributed by atoms with Gasteiger partial charge in [-0.05, 0) is 11.0 Å². The molecular formula is C13H21NO. The summed E-state index contributed by atoms with van der Waals surface area (Å²) in [5, 5.41) is 0. The van der Waals surface area contributed by atoms with Gasteiger partial charge in [0.2, 0.25) is 0 Å². The summed E-state index contributed by atoms with van der Waals surface area (Å²) in [6.07, 6.45) is 0.0277. The van der Waals surface area contributed by atoms with E-state index in [-0.39, 0.29) is 17.6 Å². The van der Waals surface area contributed by atoms with Gasteiger partial charge in [-0.1, -0.05) is 51.1 Å². The van der Waals surface area contributed by atoms with E-state index in [9.17, 15) is 0 Å². The van der Waals surface area contributed by atoms with Crippen molar-refractivity contribution in [2.45, 2.75) is 32.9 Å². The summed E-state index contributed by atoms with van der Waals surface area (Å²) >= 11 is 0. The van der Waals surface area contributed by atoms with Crippen LogP contribution in [-0.2, 0) is 4.74 Å². The zero-order valence-corrected chi connectivity index (χ0v) is 10.0. The zero-order chi connectivity index (χ0) is 11.5. The van der Waals surface area contributed by atoms with Gasteiger partial charge in [0.25, 0.3) is 0 Å². The smallest absolute Gasteiger partial charge is 0.0811 e. The van der Waals surface area contributed by atoms with E-state index in [0.29, 0.717) is 0 Å². The van der Waals surface area contributed by atoms with E-state index < -0.39 is 0 Å². The van der Waals surface area contributed by atoms with E-state index in [0.717, 1.165) is 5.56 Å². The van der Waals surface area contributed by atoms with Gasteiger partial charge in [0.15, 0.2) is 0 Å². The fraction of sp³-hybridized carbons (Fsp3) is 0.538. The SMILES string of the molecule is COC(C(N)c1ccccc1)C(C)(C)C. The number of rotatable bonds is 3. The second-order valence-electron chi connectivity index (χ2n) is 4.96. The third-order valence-electron chi connectivity index (χ3n) is 2.62. The molecule has 15 heavy (non-hydrogen) atoms. The van der Waals surface area contributed by atoms with Crippen LogP contribution >= 0.6 is 0 Å². The minimum atomic E-state index is -0.0730. The lowest BCUT2D eigenvalue weighted by Gasteiger charge is -2.34. The number of methoxy groups -OCH3 is 1. The first-order chi connectivity index (χ1) is 6.96. The quantitative estimate of drug-likeness (QED) is 0.827. The predicted octanol–water partition coefficient (Wildman–Crippen LogP) is 2.75. The molecule has 2 unspecified atom stereocenters. The molecule has 0 aliphatic heterocycles. The van der Waals surface area contributed by atoms with Crippen LogP contribution < -0.4 is 5.73 Å². The molecule has 2 N–H and O–H groups in total. The van der Waals surface area contributed by atoms with Crippen LogP contribution in [-0.4, -0.2) is 13.2 Å². The Hall–Kier alpha value is -0.860. The molecule has 2 heteroatoms. The molecule has 0 saturated carbocycles. The van der Waals surface area contributed by atoms with Crippen LogP contribution in [0.3, 0.4) is 0 Å². The minimum Gasteiger partial charge on any atom is -0.379 e. The van der Waals surface area contributed by atoms with E-state index >= 15 is 0 Å². The van der Waals surface area contributed by atoms with Gasteiger partial charge in [-0.2, -0.15) is 0 Å². The van der Waals surface area contributed by atoms with Gasteiger partial charge >= 0.3 is 0 Å². The molecule has 0 radical (unpaired) electrons. The Balaban J connectivity index is 2.88. The number of nitrogens with two attached hydrogens (primary N) is 1. The van der Waals surface area contributed by atoms with E-state index in [1.807, 2.05) is 30.3 Å². The van der Waals surface area contributed by atoms with Gasteiger partial charge in [-0.3, -0.25) is 0 Å². The van der Waals surface area contributed by atoms with Gasteiger partial charge in [0, 0.05) is 7.11 Å². The molecule has 0 fully saturated rings. The Bertz CT molecular complexity index is 289. The van der Waals surface area contributed by atoms with E-state index in [1.54, 1.807) is 7.11 Å². The second kappa shape index (κ2) is 4.77. The normalized spacial score (nSPS) is 16.1. The summed E-state index contributed by atoms with van der Waals surface area (Å²) in [6, 6.07) is 10.0. The molecule has 0 spiro atoms. The zero-order valence-electron chi connectivity index (χ0n) is 10.0. The first-order valence-corrected chi connectivity index (χ1v) is 5.30. The molecule has 0 bridgehead atoms. The van der Waals surface area contributed by atoms with Crippen LogP contribution in [0.4, 0.5) is 0 Å². The Morgan fingerprint density at radius 3 is 2.07 bits per heavy atom. The van der Waals surface area contributed by atoms with Crippen molar-refractivity contribution in [3.63, 3.8) is 0 Å². The maximum absolute atomic E-state index is 6.21. The van der Waals surface area contributed by atoms with Crippen LogP contribution in [0.2, 0.25) is 0 Å². The predicted molar refractivity (Wildman–Crippen MR) is 63.6 cm³/mol. The molecule has 1 rings (SSSR count). The average Bonchev–Trinajstić information content (AvgIpc) is 2.18. The molecule has 0 saturated heterocycles. The summed E-state index contributed by atoms with van der Waals surface area (Å²) in [6.45, 7) is 6.43. The molecule has 84 valence electrons. The van der Waals surface area contributed by atoms with Crippen molar-refractivity contribution in [1.82, 2.24) is 0 Å². The van der Waals surface area contributed by atoms with Crippen LogP contribution in [0.15, 0.2) is 30.3 Å². The van der Waals surface area contributed by atoms with Crippen molar-refractivity contribution in [3.05, 3.63) is 35.9 Å². The van der Waals surface area contributed by atoms with Gasteiger partial charge in [-0.25, -0.2) is 0 Å². The van der Waals surface area contributed by atoms with Crippen molar-refractivity contribution in [2.24, 2.45) is 11.1 Å². The largest absolute Gasteiger partial charge is 0.379 e. The number of hydrogen-bond acceptors (Lipinski definition) is 2. The summed E-state index contributed by atoms with van der Waals surface area (Å²) in [4.78, 5) is 0. The highest BCUT2D eigenvalue weighted by Gasteiger charge is 2.30. The third kappa shape index (κ3) is 3.05. The second-order valence-corrected chi connectivity index (χ2v) is 4.96. The third-order valence-corrected chi connectivity index (χ3v) is 2.62. The summed E-state index contributed by atoms with van der Waals surface area (Å²) in [7, 11) is 1.72. The van der Waals surface area contributed by atoms with Crippen molar-refractivity contribution in [1.29, 1.82) is 0 Å². The molecule has 1 aromatic rings. The van der Waals surface area contributed by atoms with Gasteiger partial charge in [-0.15, -0.1) is 0 Å². The molecule has 2 atom stereocenters. The Labute approximate surface area is 92.4 Å². The Morgan fingerprint density at radius 1 is 1.13 bits per heavy atom. The minimum absolute atomic E-state index is 0.0277. The fourth-order valence-electron chi connectivity index (χ4n) is 1.89. The lowest BCUT2D eigenvalue weighted by Crippen LogP contribution is -2.38. The Morgan fingerprint density at radius 2 is 1.67 bits per heavy atom. The highest BCUT2D eigenvalue weighted by atomic mass is 16.5. The van der Waals surface area contributed by atoms with Crippen LogP contribution in [0, 0.1) is 5.41 Å². The first kappa shape index (κ1) is 12.2. The van der Waals surface area contributed by atoms with E-state index in [2.05, 4.69) is 20.8 Å². The maximum Gasteiger partial charge on any atom is 0.0811 e. The molecule has 1 aromatic carbocycles. The maximum atomic E-state index is 6.21. The number of hydrogen-bond donors (Lipinski definition) is 1. The highest BCUT2D eigenvalue weighted by Crippen LogP contribution is 2.30. The van der Waals surface area contributed by atoms with Crippen molar-refractivity contribution < 1.29 is 4.74 Å². The molecule has 0 aromatic heterocycles. The Kier molecular flexibility index (Phi) is 3.89. The monoisotopic (exact) mass is 207 g/mol. The van der Waals surface area contributed by atoms with Crippen molar-refractivity contribution in [2.75, 3.05) is 7.11 Å². The van der Waals surface area contributed by atoms with Gasteiger partial charge in [0.1, 0.15) is 0 Å². The van der Waals surface area contributed by atoms with E-state index in [4.69, 9.17) is 10.5 Å². The summed E-state index contributed by atoms with van der Waals surface area (Å²) in [5.74, 6) is 0. The fourth-order valence-corrected chi connectivity index (χ4v) is 1.89. The van der Waals surface area contributed by atoms with Gasteiger partial charge in [0.05, 0.1) is 12.1 Å². The molecule has 0 amide bonds. The lowest BCUT2D eigenvalue weighted by molar-refractivity contribution is -0.00243. The topological polar surface area (TPSA) is 35.2 Å². The van der Waals surface area contributed by atoms with Crippen molar-refractivity contribution in [3.8, 4) is 0 Å². The molecule has 0 aliphatic rings. The van der Waals surface area contributed by atoms with E-state index in [1.165, 1.54) is 0 Å². The van der Waals surface area contributed by atoms with Crippen LogP contribution in [0.25, 0.3) is 0 Å². The highest BCUT2D eigenvalue weighted by molar-refractivity contribution is 5.20. The summed E-state index contributed by atoms with van der Waals surface area (Å²) in [5.41, 5.74) is 7.38. The molecule has 2 nitrogen and oxygen atoms in total. The van der Waals surface area contributed by atoms with Crippen LogP contribution in [0.5, 0.6) is 0 Å². The van der Waals surface area contributed by atoms with Crippen molar-refractivity contribution >= 4 is 0 Å².